The van der Waals surface area contributed by atoms with Crippen molar-refractivity contribution in [3.63, 3.8) is 0 Å². The number of aromatic nitrogens is 2. The molecule has 0 radical (unpaired) electrons. The number of nitrogens with zero attached hydrogens (tertiary/aromatic N) is 2. The minimum atomic E-state index is -2.51. The number of ether oxygens (including phenoxy) is 1. The van der Waals surface area contributed by atoms with Crippen molar-refractivity contribution in [3.05, 3.63) is 17.5 Å². The highest BCUT2D eigenvalue weighted by atomic mass is 19.3. The summed E-state index contributed by atoms with van der Waals surface area (Å²) in [7, 11) is 0. The van der Waals surface area contributed by atoms with Crippen LogP contribution in [0, 0.1) is 6.92 Å². The highest BCUT2D eigenvalue weighted by Crippen LogP contribution is 2.09. The van der Waals surface area contributed by atoms with Gasteiger partial charge in [-0.05, 0) is 6.92 Å². The summed E-state index contributed by atoms with van der Waals surface area (Å²) < 4.78 is 28.6. The van der Waals surface area contributed by atoms with Crippen LogP contribution >= 0.6 is 0 Å². The Kier molecular flexibility index (Phi) is 5.21. The molecule has 1 rings (SSSR count). The lowest BCUT2D eigenvalue weighted by Crippen LogP contribution is -2.22. The standard InChI is InChI=1S/C11H17F2N3O/c1-7(2)14-4-9-5-15-11(16-8(9)3)17-6-10(12)13/h5,7,10,14H,4,6H2,1-3H3. The maximum absolute atomic E-state index is 11.9. The summed E-state index contributed by atoms with van der Waals surface area (Å²) in [6.07, 6.45) is -0.917. The fraction of sp³-hybridized carbons (Fsp3) is 0.636. The van der Waals surface area contributed by atoms with Crippen LogP contribution in [0.4, 0.5) is 8.78 Å². The Labute approximate surface area is 99.4 Å². The first-order chi connectivity index (χ1) is 7.99. The first kappa shape index (κ1) is 13.8. The molecule has 0 spiro atoms. The second-order valence-electron chi connectivity index (χ2n) is 4.00. The summed E-state index contributed by atoms with van der Waals surface area (Å²) in [5.41, 5.74) is 1.67. The molecule has 96 valence electrons. The van der Waals surface area contributed by atoms with Gasteiger partial charge in [-0.15, -0.1) is 0 Å². The third-order valence-corrected chi connectivity index (χ3v) is 2.10. The second kappa shape index (κ2) is 6.44. The zero-order valence-corrected chi connectivity index (χ0v) is 10.2. The maximum Gasteiger partial charge on any atom is 0.316 e. The van der Waals surface area contributed by atoms with Gasteiger partial charge in [-0.25, -0.2) is 18.7 Å². The van der Waals surface area contributed by atoms with Crippen LogP contribution in [0.25, 0.3) is 0 Å². The van der Waals surface area contributed by atoms with Gasteiger partial charge in [-0.1, -0.05) is 13.8 Å². The van der Waals surface area contributed by atoms with Gasteiger partial charge in [0.05, 0.1) is 0 Å². The molecule has 17 heavy (non-hydrogen) atoms. The minimum Gasteiger partial charge on any atom is -0.457 e. The molecule has 0 amide bonds. The molecule has 0 aliphatic heterocycles. The molecule has 1 aromatic rings. The molecule has 0 bridgehead atoms. The van der Waals surface area contributed by atoms with E-state index in [1.54, 1.807) is 13.1 Å². The fourth-order valence-corrected chi connectivity index (χ4v) is 1.17. The largest absolute Gasteiger partial charge is 0.457 e. The molecule has 0 aromatic carbocycles. The number of rotatable bonds is 6. The summed E-state index contributed by atoms with van der Waals surface area (Å²) in [4.78, 5) is 7.90. The summed E-state index contributed by atoms with van der Waals surface area (Å²) >= 11 is 0. The van der Waals surface area contributed by atoms with E-state index in [4.69, 9.17) is 4.74 Å². The molecule has 4 nitrogen and oxygen atoms in total. The van der Waals surface area contributed by atoms with Gasteiger partial charge in [-0.3, -0.25) is 0 Å². The Morgan fingerprint density at radius 2 is 2.12 bits per heavy atom. The second-order valence-corrected chi connectivity index (χ2v) is 4.00. The molecule has 6 heteroatoms. The topological polar surface area (TPSA) is 47.0 Å². The molecular weight excluding hydrogens is 228 g/mol. The van der Waals surface area contributed by atoms with Crippen molar-refractivity contribution in [1.29, 1.82) is 0 Å². The lowest BCUT2D eigenvalue weighted by atomic mass is 10.2. The van der Waals surface area contributed by atoms with Gasteiger partial charge < -0.3 is 10.1 Å². The molecular formula is C11H17F2N3O. The smallest absolute Gasteiger partial charge is 0.316 e. The first-order valence-electron chi connectivity index (χ1n) is 5.46. The quantitative estimate of drug-likeness (QED) is 0.831. The molecule has 0 atom stereocenters. The van der Waals surface area contributed by atoms with Crippen LogP contribution < -0.4 is 10.1 Å². The molecule has 0 fully saturated rings. The Hall–Kier alpha value is -1.30. The highest BCUT2D eigenvalue weighted by Gasteiger charge is 2.08. The SMILES string of the molecule is Cc1nc(OCC(F)F)ncc1CNC(C)C. The van der Waals surface area contributed by atoms with Crippen molar-refractivity contribution >= 4 is 0 Å². The van der Waals surface area contributed by atoms with Crippen molar-refractivity contribution in [2.24, 2.45) is 0 Å². The zero-order valence-electron chi connectivity index (χ0n) is 10.2. The van der Waals surface area contributed by atoms with E-state index in [2.05, 4.69) is 15.3 Å². The van der Waals surface area contributed by atoms with E-state index in [0.717, 1.165) is 11.3 Å². The predicted molar refractivity (Wildman–Crippen MR) is 60.2 cm³/mol. The average molecular weight is 245 g/mol. The van der Waals surface area contributed by atoms with Crippen molar-refractivity contribution in [3.8, 4) is 6.01 Å². The summed E-state index contributed by atoms with van der Waals surface area (Å²) in [6.45, 7) is 5.85. The summed E-state index contributed by atoms with van der Waals surface area (Å²) in [5.74, 6) is 0. The number of halogens is 2. The third-order valence-electron chi connectivity index (χ3n) is 2.10. The first-order valence-corrected chi connectivity index (χ1v) is 5.46. The lowest BCUT2D eigenvalue weighted by Gasteiger charge is -2.10. The molecule has 0 aliphatic rings. The minimum absolute atomic E-state index is 0.00361. The van der Waals surface area contributed by atoms with Crippen LogP contribution in [0.2, 0.25) is 0 Å². The van der Waals surface area contributed by atoms with Crippen LogP contribution in [0.1, 0.15) is 25.1 Å². The number of hydrogen-bond donors (Lipinski definition) is 1. The maximum atomic E-state index is 11.9. The molecule has 1 N–H and O–H groups in total. The van der Waals surface area contributed by atoms with Crippen LogP contribution in [-0.2, 0) is 6.54 Å². The van der Waals surface area contributed by atoms with E-state index in [0.29, 0.717) is 12.6 Å². The predicted octanol–water partition coefficient (Wildman–Crippen LogP) is 1.93. The molecule has 0 unspecified atom stereocenters. The van der Waals surface area contributed by atoms with E-state index < -0.39 is 13.0 Å². The fourth-order valence-electron chi connectivity index (χ4n) is 1.17. The Morgan fingerprint density at radius 1 is 1.41 bits per heavy atom. The molecule has 0 saturated heterocycles. The summed E-state index contributed by atoms with van der Waals surface area (Å²) in [6, 6.07) is 0.361. The van der Waals surface area contributed by atoms with Crippen molar-refractivity contribution in [1.82, 2.24) is 15.3 Å². The van der Waals surface area contributed by atoms with E-state index in [9.17, 15) is 8.78 Å². The average Bonchev–Trinajstić information content (AvgIpc) is 2.24. The van der Waals surface area contributed by atoms with Gasteiger partial charge in [-0.2, -0.15) is 0 Å². The normalized spacial score (nSPS) is 11.2. The summed E-state index contributed by atoms with van der Waals surface area (Å²) in [5, 5.41) is 3.23. The van der Waals surface area contributed by atoms with Gasteiger partial charge in [0.25, 0.3) is 6.43 Å². The Morgan fingerprint density at radius 3 is 2.65 bits per heavy atom. The van der Waals surface area contributed by atoms with Crippen LogP contribution in [-0.4, -0.2) is 29.0 Å². The van der Waals surface area contributed by atoms with Crippen LogP contribution in [0.5, 0.6) is 6.01 Å². The number of alkyl halides is 2. The van der Waals surface area contributed by atoms with Gasteiger partial charge in [0, 0.05) is 30.0 Å². The number of hydrogen-bond acceptors (Lipinski definition) is 4. The molecule has 0 aliphatic carbocycles. The van der Waals surface area contributed by atoms with E-state index in [-0.39, 0.29) is 6.01 Å². The highest BCUT2D eigenvalue weighted by molar-refractivity contribution is 5.17. The van der Waals surface area contributed by atoms with E-state index in [1.165, 1.54) is 0 Å². The van der Waals surface area contributed by atoms with Crippen LogP contribution in [0.15, 0.2) is 6.20 Å². The van der Waals surface area contributed by atoms with E-state index in [1.807, 2.05) is 13.8 Å². The third kappa shape index (κ3) is 5.04. The molecule has 1 heterocycles. The Bertz CT molecular complexity index is 359. The zero-order chi connectivity index (χ0) is 12.8. The molecule has 0 saturated carbocycles. The van der Waals surface area contributed by atoms with Gasteiger partial charge in [0.1, 0.15) is 0 Å². The lowest BCUT2D eigenvalue weighted by molar-refractivity contribution is 0.0769. The number of nitrogens with one attached hydrogen (secondary N) is 1. The number of aryl methyl sites for hydroxylation is 1. The van der Waals surface area contributed by atoms with Crippen molar-refractivity contribution in [2.45, 2.75) is 39.8 Å². The van der Waals surface area contributed by atoms with Crippen molar-refractivity contribution in [2.75, 3.05) is 6.61 Å². The monoisotopic (exact) mass is 245 g/mol. The van der Waals surface area contributed by atoms with Crippen LogP contribution in [0.3, 0.4) is 0 Å². The van der Waals surface area contributed by atoms with E-state index >= 15 is 0 Å². The van der Waals surface area contributed by atoms with Gasteiger partial charge in [0.15, 0.2) is 6.61 Å². The molecule has 1 aromatic heterocycles. The van der Waals surface area contributed by atoms with Gasteiger partial charge in [0.2, 0.25) is 0 Å². The van der Waals surface area contributed by atoms with Gasteiger partial charge >= 0.3 is 6.01 Å². The van der Waals surface area contributed by atoms with Crippen molar-refractivity contribution < 1.29 is 13.5 Å². The Balaban J connectivity index is 2.59.